The third-order valence-electron chi connectivity index (χ3n) is 4.94. The number of methoxy groups -OCH3 is 1. The second kappa shape index (κ2) is 6.22. The van der Waals surface area contributed by atoms with Crippen LogP contribution in [0.5, 0.6) is 5.75 Å². The van der Waals surface area contributed by atoms with Gasteiger partial charge < -0.3 is 14.4 Å². The lowest BCUT2D eigenvalue weighted by atomic mass is 9.96. The molecule has 0 aromatic heterocycles. The van der Waals surface area contributed by atoms with Crippen molar-refractivity contribution in [1.82, 2.24) is 4.90 Å². The Bertz CT molecular complexity index is 598. The zero-order chi connectivity index (χ0) is 16.6. The topological polar surface area (TPSA) is 55.8 Å². The number of carbonyl (C=O) groups excluding carboxylic acids is 2. The molecule has 0 N–H and O–H groups in total. The van der Waals surface area contributed by atoms with Crippen LogP contribution in [0.3, 0.4) is 0 Å². The molecule has 3 rings (SSSR count). The summed E-state index contributed by atoms with van der Waals surface area (Å²) in [5.41, 5.74) is 1.04. The molecule has 0 radical (unpaired) electrons. The van der Waals surface area contributed by atoms with Gasteiger partial charge in [-0.05, 0) is 36.5 Å². The highest BCUT2D eigenvalue weighted by atomic mass is 16.5. The van der Waals surface area contributed by atoms with Crippen LogP contribution < -0.4 is 4.74 Å². The third-order valence-corrected chi connectivity index (χ3v) is 4.94. The highest BCUT2D eigenvalue weighted by Gasteiger charge is 2.64. The lowest BCUT2D eigenvalue weighted by molar-refractivity contribution is -0.145. The number of piperidine rings is 1. The first-order chi connectivity index (χ1) is 11.1. The van der Waals surface area contributed by atoms with Crippen molar-refractivity contribution in [3.63, 3.8) is 0 Å². The number of hydrogen-bond donors (Lipinski definition) is 0. The van der Waals surface area contributed by atoms with E-state index in [0.29, 0.717) is 19.6 Å². The van der Waals surface area contributed by atoms with Crippen LogP contribution in [-0.4, -0.2) is 36.5 Å². The van der Waals surface area contributed by atoms with Gasteiger partial charge in [0.25, 0.3) is 0 Å². The Hall–Kier alpha value is -2.04. The van der Waals surface area contributed by atoms with Crippen LogP contribution in [0.2, 0.25) is 0 Å². The summed E-state index contributed by atoms with van der Waals surface area (Å²) in [6.07, 6.45) is 0.507. The van der Waals surface area contributed by atoms with E-state index in [2.05, 4.69) is 6.92 Å². The van der Waals surface area contributed by atoms with E-state index in [1.807, 2.05) is 36.1 Å². The molecule has 0 bridgehead atoms. The molecule has 0 unspecified atom stereocenters. The number of fused-ring (bicyclic) bond motifs is 1. The smallest absolute Gasteiger partial charge is 0.311 e. The highest BCUT2D eigenvalue weighted by molar-refractivity contribution is 5.84. The number of rotatable bonds is 5. The Morgan fingerprint density at radius 1 is 1.30 bits per heavy atom. The second-order valence-corrected chi connectivity index (χ2v) is 6.40. The minimum atomic E-state index is -0.163. The first kappa shape index (κ1) is 15.8. The normalized spacial score (nSPS) is 29.0. The summed E-state index contributed by atoms with van der Waals surface area (Å²) in [4.78, 5) is 26.4. The van der Waals surface area contributed by atoms with Crippen LogP contribution in [-0.2, 0) is 20.9 Å². The Kier molecular flexibility index (Phi) is 4.28. The third kappa shape index (κ3) is 2.92. The Labute approximate surface area is 136 Å². The molecule has 1 aliphatic carbocycles. The van der Waals surface area contributed by atoms with Crippen molar-refractivity contribution in [2.75, 3.05) is 13.7 Å². The maximum Gasteiger partial charge on any atom is 0.311 e. The molecule has 5 heteroatoms. The lowest BCUT2D eigenvalue weighted by Crippen LogP contribution is -2.39. The van der Waals surface area contributed by atoms with Crippen LogP contribution in [0.15, 0.2) is 24.3 Å². The number of amides is 1. The molecule has 1 saturated carbocycles. The fourth-order valence-corrected chi connectivity index (χ4v) is 3.76. The van der Waals surface area contributed by atoms with Crippen molar-refractivity contribution < 1.29 is 19.1 Å². The molecule has 124 valence electrons. The Morgan fingerprint density at radius 2 is 2.00 bits per heavy atom. The van der Waals surface area contributed by atoms with E-state index in [4.69, 9.17) is 9.47 Å². The van der Waals surface area contributed by atoms with E-state index in [9.17, 15) is 9.59 Å². The van der Waals surface area contributed by atoms with Crippen LogP contribution in [0.25, 0.3) is 0 Å². The number of nitrogens with zero attached hydrogens (tertiary/aromatic N) is 1. The van der Waals surface area contributed by atoms with Crippen molar-refractivity contribution in [3.05, 3.63) is 29.8 Å². The largest absolute Gasteiger partial charge is 0.497 e. The van der Waals surface area contributed by atoms with Crippen molar-refractivity contribution in [2.45, 2.75) is 32.9 Å². The number of likely N-dealkylation sites (tertiary alicyclic amines) is 1. The van der Waals surface area contributed by atoms with E-state index < -0.39 is 0 Å². The first-order valence-corrected chi connectivity index (χ1v) is 8.15. The van der Waals surface area contributed by atoms with E-state index in [1.165, 1.54) is 0 Å². The van der Waals surface area contributed by atoms with Gasteiger partial charge in [0.2, 0.25) is 5.91 Å². The van der Waals surface area contributed by atoms with Gasteiger partial charge in [-0.3, -0.25) is 9.59 Å². The van der Waals surface area contributed by atoms with Gasteiger partial charge in [-0.2, -0.15) is 0 Å². The molecule has 2 fully saturated rings. The van der Waals surface area contributed by atoms with Gasteiger partial charge in [-0.1, -0.05) is 19.1 Å². The highest BCUT2D eigenvalue weighted by Crippen LogP contribution is 2.53. The fourth-order valence-electron chi connectivity index (χ4n) is 3.76. The summed E-state index contributed by atoms with van der Waals surface area (Å²) in [6.45, 7) is 4.79. The number of hydrogen-bond acceptors (Lipinski definition) is 4. The van der Waals surface area contributed by atoms with E-state index in [1.54, 1.807) is 7.11 Å². The molecular formula is C18H23NO4. The molecule has 1 aromatic carbocycles. The van der Waals surface area contributed by atoms with E-state index >= 15 is 0 Å². The van der Waals surface area contributed by atoms with E-state index in [-0.39, 0.29) is 35.7 Å². The van der Waals surface area contributed by atoms with Crippen molar-refractivity contribution in [1.29, 1.82) is 0 Å². The minimum absolute atomic E-state index is 0.00704. The number of carbonyl (C=O) groups is 2. The maximum atomic E-state index is 12.4. The zero-order valence-corrected chi connectivity index (χ0v) is 13.8. The number of ether oxygens (including phenoxy) is 2. The number of benzene rings is 1. The van der Waals surface area contributed by atoms with Crippen LogP contribution in [0.4, 0.5) is 0 Å². The molecule has 5 nitrogen and oxygen atoms in total. The zero-order valence-electron chi connectivity index (χ0n) is 13.8. The summed E-state index contributed by atoms with van der Waals surface area (Å²) in [7, 11) is 1.63. The predicted molar refractivity (Wildman–Crippen MR) is 84.7 cm³/mol. The minimum Gasteiger partial charge on any atom is -0.497 e. The van der Waals surface area contributed by atoms with Crippen molar-refractivity contribution >= 4 is 11.9 Å². The Balaban J connectivity index is 1.75. The van der Waals surface area contributed by atoms with Gasteiger partial charge in [-0.15, -0.1) is 0 Å². The van der Waals surface area contributed by atoms with Gasteiger partial charge in [0, 0.05) is 19.0 Å². The molecule has 1 saturated heterocycles. The molecular weight excluding hydrogens is 294 g/mol. The standard InChI is InChI=1S/C18H23NO4/c1-4-23-18(21)16-15-11(2)9-14(20)19(17(15)16)10-12-5-7-13(22-3)8-6-12/h5-8,11,15-17H,4,9-10H2,1-3H3/t11-,15-,16+,17-/m0/s1. The van der Waals surface area contributed by atoms with Gasteiger partial charge in [0.1, 0.15) is 5.75 Å². The summed E-state index contributed by atoms with van der Waals surface area (Å²) >= 11 is 0. The molecule has 1 heterocycles. The maximum absolute atomic E-state index is 12.4. The van der Waals surface area contributed by atoms with Crippen molar-refractivity contribution in [3.8, 4) is 5.75 Å². The second-order valence-electron chi connectivity index (χ2n) is 6.40. The van der Waals surface area contributed by atoms with Gasteiger partial charge >= 0.3 is 5.97 Å². The SMILES string of the molecule is CCOC(=O)[C@@H]1[C@H]2[C@@H]1N(Cc1ccc(OC)cc1)C(=O)C[C@@H]2C. The molecule has 1 aromatic rings. The molecule has 0 spiro atoms. The monoisotopic (exact) mass is 317 g/mol. The average molecular weight is 317 g/mol. The van der Waals surface area contributed by atoms with Gasteiger partial charge in [0.15, 0.2) is 0 Å². The molecule has 23 heavy (non-hydrogen) atoms. The summed E-state index contributed by atoms with van der Waals surface area (Å²) in [5, 5.41) is 0. The van der Waals surface area contributed by atoms with Crippen molar-refractivity contribution in [2.24, 2.45) is 17.8 Å². The van der Waals surface area contributed by atoms with Gasteiger partial charge in [-0.25, -0.2) is 0 Å². The molecule has 4 atom stereocenters. The first-order valence-electron chi connectivity index (χ1n) is 8.15. The van der Waals surface area contributed by atoms with Crippen LogP contribution >= 0.6 is 0 Å². The Morgan fingerprint density at radius 3 is 2.61 bits per heavy atom. The fraction of sp³-hybridized carbons (Fsp3) is 0.556. The molecule has 2 aliphatic rings. The molecule has 1 aliphatic heterocycles. The summed E-state index contributed by atoms with van der Waals surface area (Å²) < 4.78 is 10.3. The number of esters is 1. The predicted octanol–water partition coefficient (Wildman–Crippen LogP) is 2.24. The quantitative estimate of drug-likeness (QED) is 0.782. The van der Waals surface area contributed by atoms with Gasteiger partial charge in [0.05, 0.1) is 19.6 Å². The van der Waals surface area contributed by atoms with Crippen LogP contribution in [0, 0.1) is 17.8 Å². The lowest BCUT2D eigenvalue weighted by Gasteiger charge is -2.29. The summed E-state index contributed by atoms with van der Waals surface area (Å²) in [6, 6.07) is 7.69. The molecule has 1 amide bonds. The van der Waals surface area contributed by atoms with Crippen LogP contribution in [0.1, 0.15) is 25.8 Å². The summed E-state index contributed by atoms with van der Waals surface area (Å²) in [5.74, 6) is 1.08. The van der Waals surface area contributed by atoms with E-state index in [0.717, 1.165) is 11.3 Å². The average Bonchev–Trinajstić information content (AvgIpc) is 3.28.